The van der Waals surface area contributed by atoms with E-state index in [1.54, 1.807) is 18.3 Å². The van der Waals surface area contributed by atoms with Gasteiger partial charge < -0.3 is 4.90 Å². The number of carbonyl (C=O) groups is 1. The average molecular weight is 347 g/mol. The molecule has 1 aliphatic heterocycles. The van der Waals surface area contributed by atoms with Crippen LogP contribution in [0.15, 0.2) is 47.6 Å². The lowest BCUT2D eigenvalue weighted by Crippen LogP contribution is -2.46. The van der Waals surface area contributed by atoms with Gasteiger partial charge in [0.2, 0.25) is 0 Å². The van der Waals surface area contributed by atoms with E-state index in [2.05, 4.69) is 5.10 Å². The molecule has 1 aromatic heterocycles. The molecule has 1 saturated heterocycles. The van der Waals surface area contributed by atoms with Crippen LogP contribution in [-0.4, -0.2) is 47.8 Å². The molecule has 7 heteroatoms. The van der Waals surface area contributed by atoms with E-state index < -0.39 is 9.84 Å². The summed E-state index contributed by atoms with van der Waals surface area (Å²) in [6, 6.07) is 8.23. The quantitative estimate of drug-likeness (QED) is 0.848. The Hall–Kier alpha value is -2.15. The number of hydrogen-bond acceptors (Lipinski definition) is 4. The van der Waals surface area contributed by atoms with Crippen molar-refractivity contribution in [1.82, 2.24) is 14.7 Å². The van der Waals surface area contributed by atoms with E-state index in [-0.39, 0.29) is 16.8 Å². The van der Waals surface area contributed by atoms with Crippen LogP contribution in [0.2, 0.25) is 0 Å². The van der Waals surface area contributed by atoms with Crippen molar-refractivity contribution in [3.8, 4) is 0 Å². The third kappa shape index (κ3) is 3.67. The first-order chi connectivity index (χ1) is 11.4. The first kappa shape index (κ1) is 16.7. The van der Waals surface area contributed by atoms with Crippen molar-refractivity contribution in [3.05, 3.63) is 48.3 Å². The van der Waals surface area contributed by atoms with Gasteiger partial charge in [0.05, 0.1) is 17.5 Å². The number of piperidine rings is 1. The van der Waals surface area contributed by atoms with E-state index in [1.165, 1.54) is 12.1 Å². The zero-order chi connectivity index (χ0) is 17.2. The maximum atomic E-state index is 12.9. The monoisotopic (exact) mass is 347 g/mol. The summed E-state index contributed by atoms with van der Waals surface area (Å²) in [5, 5.41) is 4.22. The number of aromatic nitrogens is 2. The van der Waals surface area contributed by atoms with Gasteiger partial charge in [-0.2, -0.15) is 5.10 Å². The van der Waals surface area contributed by atoms with Crippen LogP contribution < -0.4 is 0 Å². The van der Waals surface area contributed by atoms with E-state index in [4.69, 9.17) is 0 Å². The summed E-state index contributed by atoms with van der Waals surface area (Å²) in [7, 11) is -3.33. The van der Waals surface area contributed by atoms with Crippen molar-refractivity contribution < 1.29 is 13.2 Å². The fraction of sp³-hybridized carbons (Fsp3) is 0.412. The topological polar surface area (TPSA) is 72.3 Å². The molecule has 1 atom stereocenters. The molecule has 0 aliphatic carbocycles. The van der Waals surface area contributed by atoms with Gasteiger partial charge in [-0.3, -0.25) is 9.48 Å². The Balaban J connectivity index is 1.84. The molecule has 1 aliphatic rings. The number of nitrogens with zero attached hydrogens (tertiary/aromatic N) is 3. The summed E-state index contributed by atoms with van der Waals surface area (Å²) >= 11 is 0. The third-order valence-electron chi connectivity index (χ3n) is 4.35. The van der Waals surface area contributed by atoms with Crippen molar-refractivity contribution in [2.75, 3.05) is 12.8 Å². The Kier molecular flexibility index (Phi) is 4.71. The van der Waals surface area contributed by atoms with Crippen molar-refractivity contribution >= 4 is 15.7 Å². The number of carbonyl (C=O) groups excluding carboxylic acids is 1. The predicted molar refractivity (Wildman–Crippen MR) is 90.5 cm³/mol. The summed E-state index contributed by atoms with van der Waals surface area (Å²) in [6.45, 7) is 1.35. The van der Waals surface area contributed by atoms with E-state index >= 15 is 0 Å². The van der Waals surface area contributed by atoms with Gasteiger partial charge in [-0.25, -0.2) is 8.42 Å². The van der Waals surface area contributed by atoms with E-state index in [0.717, 1.165) is 25.5 Å². The third-order valence-corrected chi connectivity index (χ3v) is 5.46. The molecule has 1 aromatic carbocycles. The second-order valence-electron chi connectivity index (χ2n) is 6.18. The molecule has 0 radical (unpaired) electrons. The number of amides is 1. The van der Waals surface area contributed by atoms with E-state index in [1.807, 2.05) is 21.8 Å². The number of likely N-dealkylation sites (tertiary alicyclic amines) is 1. The maximum absolute atomic E-state index is 12.9. The SMILES string of the molecule is CS(=O)(=O)c1cccc(C(=O)N2CCCCC2Cn2cccn2)c1. The molecule has 0 spiro atoms. The van der Waals surface area contributed by atoms with Crippen LogP contribution in [0.5, 0.6) is 0 Å². The highest BCUT2D eigenvalue weighted by Crippen LogP contribution is 2.22. The highest BCUT2D eigenvalue weighted by molar-refractivity contribution is 7.90. The summed E-state index contributed by atoms with van der Waals surface area (Å²) in [5.41, 5.74) is 0.422. The van der Waals surface area contributed by atoms with E-state index in [9.17, 15) is 13.2 Å². The van der Waals surface area contributed by atoms with Gasteiger partial charge in [0, 0.05) is 30.8 Å². The second-order valence-corrected chi connectivity index (χ2v) is 8.19. The van der Waals surface area contributed by atoms with Crippen LogP contribution in [-0.2, 0) is 16.4 Å². The summed E-state index contributed by atoms with van der Waals surface area (Å²) in [6.07, 6.45) is 7.74. The second kappa shape index (κ2) is 6.76. The van der Waals surface area contributed by atoms with Gasteiger partial charge in [-0.15, -0.1) is 0 Å². The van der Waals surface area contributed by atoms with Crippen LogP contribution in [0.4, 0.5) is 0 Å². The number of sulfone groups is 1. The highest BCUT2D eigenvalue weighted by Gasteiger charge is 2.28. The molecule has 1 amide bonds. The lowest BCUT2D eigenvalue weighted by Gasteiger charge is -2.35. The Bertz CT molecular complexity index is 815. The predicted octanol–water partition coefficient (Wildman–Crippen LogP) is 1.98. The van der Waals surface area contributed by atoms with Gasteiger partial charge in [0.15, 0.2) is 9.84 Å². The van der Waals surface area contributed by atoms with Crippen LogP contribution in [0, 0.1) is 0 Å². The van der Waals surface area contributed by atoms with Gasteiger partial charge in [-0.1, -0.05) is 6.07 Å². The van der Waals surface area contributed by atoms with Crippen molar-refractivity contribution in [2.45, 2.75) is 36.7 Å². The molecule has 0 bridgehead atoms. The van der Waals surface area contributed by atoms with Gasteiger partial charge in [0.1, 0.15) is 0 Å². The smallest absolute Gasteiger partial charge is 0.254 e. The first-order valence-corrected chi connectivity index (χ1v) is 9.93. The molecule has 24 heavy (non-hydrogen) atoms. The lowest BCUT2D eigenvalue weighted by molar-refractivity contribution is 0.0583. The Labute approximate surface area is 142 Å². The fourth-order valence-corrected chi connectivity index (χ4v) is 3.77. The Morgan fingerprint density at radius 3 is 2.83 bits per heavy atom. The van der Waals surface area contributed by atoms with E-state index in [0.29, 0.717) is 18.7 Å². The Morgan fingerprint density at radius 2 is 2.12 bits per heavy atom. The Morgan fingerprint density at radius 1 is 1.29 bits per heavy atom. The number of rotatable bonds is 4. The van der Waals surface area contributed by atoms with Gasteiger partial charge in [0.25, 0.3) is 5.91 Å². The molecule has 128 valence electrons. The lowest BCUT2D eigenvalue weighted by atomic mass is 10.0. The normalized spacial score (nSPS) is 18.5. The molecule has 6 nitrogen and oxygen atoms in total. The van der Waals surface area contributed by atoms with Crippen molar-refractivity contribution in [1.29, 1.82) is 0 Å². The minimum Gasteiger partial charge on any atom is -0.334 e. The zero-order valence-electron chi connectivity index (χ0n) is 13.6. The average Bonchev–Trinajstić information content (AvgIpc) is 3.07. The molecular weight excluding hydrogens is 326 g/mol. The number of hydrogen-bond donors (Lipinski definition) is 0. The molecule has 0 saturated carbocycles. The molecule has 2 heterocycles. The zero-order valence-corrected chi connectivity index (χ0v) is 14.4. The van der Waals surface area contributed by atoms with Crippen LogP contribution >= 0.6 is 0 Å². The molecular formula is C17H21N3O3S. The largest absolute Gasteiger partial charge is 0.334 e. The van der Waals surface area contributed by atoms with Crippen molar-refractivity contribution in [3.63, 3.8) is 0 Å². The number of benzene rings is 1. The van der Waals surface area contributed by atoms with Crippen LogP contribution in [0.3, 0.4) is 0 Å². The minimum atomic E-state index is -3.33. The van der Waals surface area contributed by atoms with Gasteiger partial charge in [-0.05, 0) is 43.5 Å². The molecule has 1 fully saturated rings. The van der Waals surface area contributed by atoms with Crippen molar-refractivity contribution in [2.24, 2.45) is 0 Å². The molecule has 2 aromatic rings. The van der Waals surface area contributed by atoms with Crippen LogP contribution in [0.25, 0.3) is 0 Å². The highest BCUT2D eigenvalue weighted by atomic mass is 32.2. The fourth-order valence-electron chi connectivity index (χ4n) is 3.11. The molecule has 0 N–H and O–H groups in total. The summed E-state index contributed by atoms with van der Waals surface area (Å²) < 4.78 is 25.3. The first-order valence-electron chi connectivity index (χ1n) is 8.04. The molecule has 3 rings (SSSR count). The van der Waals surface area contributed by atoms with Gasteiger partial charge >= 0.3 is 0 Å². The maximum Gasteiger partial charge on any atom is 0.254 e. The molecule has 1 unspecified atom stereocenters. The summed E-state index contributed by atoms with van der Waals surface area (Å²) in [5.74, 6) is -0.114. The van der Waals surface area contributed by atoms with Crippen LogP contribution in [0.1, 0.15) is 29.6 Å². The standard InChI is InChI=1S/C17H21N3O3S/c1-24(22,23)16-8-4-6-14(12-16)17(21)20-11-3-2-7-15(20)13-19-10-5-9-18-19/h4-6,8-10,12,15H,2-3,7,11,13H2,1H3. The summed E-state index contributed by atoms with van der Waals surface area (Å²) in [4.78, 5) is 14.9. The minimum absolute atomic E-state index is 0.0769.